The molecule has 102 valence electrons. The molecule has 0 saturated carbocycles. The molecule has 1 aliphatic rings. The summed E-state index contributed by atoms with van der Waals surface area (Å²) in [6, 6.07) is 2.61. The monoisotopic (exact) mass is 265 g/mol. The van der Waals surface area contributed by atoms with Crippen LogP contribution in [0.3, 0.4) is 0 Å². The minimum absolute atomic E-state index is 0.259. The summed E-state index contributed by atoms with van der Waals surface area (Å²) in [5.41, 5.74) is 0.776. The largest absolute Gasteiger partial charge is 0.331 e. The van der Waals surface area contributed by atoms with E-state index in [4.69, 9.17) is 0 Å². The van der Waals surface area contributed by atoms with Gasteiger partial charge < -0.3 is 9.88 Å². The van der Waals surface area contributed by atoms with Crippen molar-refractivity contribution >= 4 is 11.0 Å². The molecule has 0 amide bonds. The summed E-state index contributed by atoms with van der Waals surface area (Å²) in [5.74, 6) is -0.345. The molecule has 2 aromatic rings. The van der Waals surface area contributed by atoms with Crippen LogP contribution in [0, 0.1) is 11.6 Å². The van der Waals surface area contributed by atoms with E-state index >= 15 is 0 Å². The number of fused-ring (bicyclic) bond motifs is 1. The first-order valence-electron chi connectivity index (χ1n) is 6.69. The SMILES string of the molecule is Cn1c(CC2CCCCN2)nc2c(F)cc(F)cc21. The Morgan fingerprint density at radius 1 is 1.37 bits per heavy atom. The lowest BCUT2D eigenvalue weighted by Gasteiger charge is -2.22. The second kappa shape index (κ2) is 4.89. The molecular weight excluding hydrogens is 248 g/mol. The highest BCUT2D eigenvalue weighted by Gasteiger charge is 2.18. The van der Waals surface area contributed by atoms with Crippen LogP contribution in [0.1, 0.15) is 25.1 Å². The van der Waals surface area contributed by atoms with Gasteiger partial charge in [0.15, 0.2) is 5.82 Å². The third-order valence-electron chi connectivity index (χ3n) is 3.84. The average molecular weight is 265 g/mol. The zero-order valence-corrected chi connectivity index (χ0v) is 10.9. The Morgan fingerprint density at radius 3 is 2.95 bits per heavy atom. The second-order valence-corrected chi connectivity index (χ2v) is 5.19. The number of nitrogens with zero attached hydrogens (tertiary/aromatic N) is 2. The predicted molar refractivity (Wildman–Crippen MR) is 70.0 cm³/mol. The van der Waals surface area contributed by atoms with Gasteiger partial charge in [-0.25, -0.2) is 13.8 Å². The molecule has 1 saturated heterocycles. The van der Waals surface area contributed by atoms with Crippen LogP contribution in [0.2, 0.25) is 0 Å². The molecule has 1 fully saturated rings. The topological polar surface area (TPSA) is 29.9 Å². The summed E-state index contributed by atoms with van der Waals surface area (Å²) < 4.78 is 28.7. The molecule has 0 bridgehead atoms. The van der Waals surface area contributed by atoms with Crippen molar-refractivity contribution in [3.05, 3.63) is 29.6 Å². The van der Waals surface area contributed by atoms with Crippen LogP contribution in [0.15, 0.2) is 12.1 Å². The zero-order valence-electron chi connectivity index (χ0n) is 10.9. The van der Waals surface area contributed by atoms with E-state index < -0.39 is 11.6 Å². The van der Waals surface area contributed by atoms with Crippen LogP contribution in [0.5, 0.6) is 0 Å². The summed E-state index contributed by atoms with van der Waals surface area (Å²) in [5, 5.41) is 3.44. The van der Waals surface area contributed by atoms with E-state index in [0.29, 0.717) is 11.6 Å². The van der Waals surface area contributed by atoms with E-state index in [2.05, 4.69) is 10.3 Å². The van der Waals surface area contributed by atoms with Crippen LogP contribution in [0.25, 0.3) is 11.0 Å². The van der Waals surface area contributed by atoms with Crippen molar-refractivity contribution in [3.8, 4) is 0 Å². The maximum atomic E-state index is 13.7. The van der Waals surface area contributed by atoms with E-state index in [1.165, 1.54) is 18.9 Å². The molecule has 1 aromatic carbocycles. The fourth-order valence-corrected chi connectivity index (χ4v) is 2.76. The number of nitrogens with one attached hydrogen (secondary N) is 1. The molecule has 0 aliphatic carbocycles. The van der Waals surface area contributed by atoms with E-state index in [1.807, 2.05) is 7.05 Å². The number of aromatic nitrogens is 2. The van der Waals surface area contributed by atoms with E-state index in [9.17, 15) is 8.78 Å². The fraction of sp³-hybridized carbons (Fsp3) is 0.500. The van der Waals surface area contributed by atoms with Crippen LogP contribution in [0.4, 0.5) is 8.78 Å². The van der Waals surface area contributed by atoms with E-state index in [1.54, 1.807) is 4.57 Å². The maximum Gasteiger partial charge on any atom is 0.153 e. The molecular formula is C14H17F2N3. The fourth-order valence-electron chi connectivity index (χ4n) is 2.76. The second-order valence-electron chi connectivity index (χ2n) is 5.19. The lowest BCUT2D eigenvalue weighted by Crippen LogP contribution is -2.36. The smallest absolute Gasteiger partial charge is 0.153 e. The van der Waals surface area contributed by atoms with Crippen molar-refractivity contribution in [2.75, 3.05) is 6.54 Å². The van der Waals surface area contributed by atoms with Gasteiger partial charge in [0.1, 0.15) is 17.2 Å². The normalized spacial score (nSPS) is 20.1. The molecule has 0 radical (unpaired) electrons. The third kappa shape index (κ3) is 2.34. The van der Waals surface area contributed by atoms with Gasteiger partial charge in [-0.1, -0.05) is 6.42 Å². The van der Waals surface area contributed by atoms with Crippen molar-refractivity contribution in [2.24, 2.45) is 7.05 Å². The van der Waals surface area contributed by atoms with Crippen molar-refractivity contribution in [3.63, 3.8) is 0 Å². The minimum atomic E-state index is -0.589. The van der Waals surface area contributed by atoms with Gasteiger partial charge in [0.25, 0.3) is 0 Å². The van der Waals surface area contributed by atoms with Gasteiger partial charge in [-0.15, -0.1) is 0 Å². The van der Waals surface area contributed by atoms with Gasteiger partial charge >= 0.3 is 0 Å². The molecule has 1 atom stereocenters. The predicted octanol–water partition coefficient (Wildman–Crippen LogP) is 2.54. The first-order chi connectivity index (χ1) is 9.15. The molecule has 1 N–H and O–H groups in total. The van der Waals surface area contributed by atoms with Gasteiger partial charge in [0.2, 0.25) is 0 Å². The lowest BCUT2D eigenvalue weighted by atomic mass is 10.0. The highest BCUT2D eigenvalue weighted by atomic mass is 19.1. The number of imidazole rings is 1. The first-order valence-corrected chi connectivity index (χ1v) is 6.69. The molecule has 19 heavy (non-hydrogen) atoms. The Kier molecular flexibility index (Phi) is 3.22. The molecule has 5 heteroatoms. The molecule has 3 nitrogen and oxygen atoms in total. The Bertz CT molecular complexity index is 600. The Balaban J connectivity index is 1.95. The highest BCUT2D eigenvalue weighted by Crippen LogP contribution is 2.21. The number of hydrogen-bond donors (Lipinski definition) is 1. The Morgan fingerprint density at radius 2 is 2.21 bits per heavy atom. The number of rotatable bonds is 2. The summed E-state index contributed by atoms with van der Waals surface area (Å²) in [6.07, 6.45) is 4.29. The minimum Gasteiger partial charge on any atom is -0.331 e. The van der Waals surface area contributed by atoms with Crippen LogP contribution in [-0.2, 0) is 13.5 Å². The molecule has 1 unspecified atom stereocenters. The summed E-state index contributed by atoms with van der Waals surface area (Å²) in [7, 11) is 1.81. The van der Waals surface area contributed by atoms with Crippen LogP contribution in [-0.4, -0.2) is 22.1 Å². The molecule has 3 rings (SSSR count). The highest BCUT2D eigenvalue weighted by molar-refractivity contribution is 5.76. The van der Waals surface area contributed by atoms with Crippen molar-refractivity contribution in [2.45, 2.75) is 31.7 Å². The van der Waals surface area contributed by atoms with Crippen molar-refractivity contribution in [1.29, 1.82) is 0 Å². The zero-order chi connectivity index (χ0) is 13.4. The van der Waals surface area contributed by atoms with Crippen LogP contribution < -0.4 is 5.32 Å². The first kappa shape index (κ1) is 12.5. The van der Waals surface area contributed by atoms with Gasteiger partial charge in [-0.05, 0) is 25.5 Å². The van der Waals surface area contributed by atoms with Gasteiger partial charge in [-0.3, -0.25) is 0 Å². The Hall–Kier alpha value is -1.49. The quantitative estimate of drug-likeness (QED) is 0.904. The number of aryl methyl sites for hydroxylation is 1. The summed E-state index contributed by atoms with van der Waals surface area (Å²) >= 11 is 0. The third-order valence-corrected chi connectivity index (χ3v) is 3.84. The Labute approximate surface area is 110 Å². The molecule has 1 aromatic heterocycles. The number of hydrogen-bond acceptors (Lipinski definition) is 2. The summed E-state index contributed by atoms with van der Waals surface area (Å²) in [4.78, 5) is 4.33. The molecule has 2 heterocycles. The molecule has 1 aliphatic heterocycles. The number of halogens is 2. The van der Waals surface area contributed by atoms with E-state index in [0.717, 1.165) is 31.3 Å². The number of piperidine rings is 1. The van der Waals surface area contributed by atoms with Crippen molar-refractivity contribution in [1.82, 2.24) is 14.9 Å². The standard InChI is InChI=1S/C14H17F2N3/c1-19-12-7-9(15)6-11(16)14(12)18-13(19)8-10-4-2-3-5-17-10/h6-7,10,17H,2-5,8H2,1H3. The van der Waals surface area contributed by atoms with Crippen LogP contribution >= 0.6 is 0 Å². The maximum absolute atomic E-state index is 13.7. The van der Waals surface area contributed by atoms with E-state index in [-0.39, 0.29) is 5.52 Å². The average Bonchev–Trinajstić information content (AvgIpc) is 2.69. The van der Waals surface area contributed by atoms with Crippen molar-refractivity contribution < 1.29 is 8.78 Å². The van der Waals surface area contributed by atoms with Gasteiger partial charge in [0, 0.05) is 25.6 Å². The van der Waals surface area contributed by atoms with Gasteiger partial charge in [-0.2, -0.15) is 0 Å². The molecule has 0 spiro atoms. The van der Waals surface area contributed by atoms with Gasteiger partial charge in [0.05, 0.1) is 5.52 Å². The summed E-state index contributed by atoms with van der Waals surface area (Å²) in [6.45, 7) is 1.03. The number of benzene rings is 1. The lowest BCUT2D eigenvalue weighted by molar-refractivity contribution is 0.392.